The summed E-state index contributed by atoms with van der Waals surface area (Å²) in [6, 6.07) is 10.6. The summed E-state index contributed by atoms with van der Waals surface area (Å²) in [4.78, 5) is 0. The van der Waals surface area contributed by atoms with Gasteiger partial charge in [-0.25, -0.2) is 0 Å². The molecule has 16 heavy (non-hydrogen) atoms. The van der Waals surface area contributed by atoms with Gasteiger partial charge in [-0.3, -0.25) is 0 Å². The Kier molecular flexibility index (Phi) is 2.29. The number of benzene rings is 1. The Morgan fingerprint density at radius 2 is 2.19 bits per heavy atom. The van der Waals surface area contributed by atoms with Crippen molar-refractivity contribution < 1.29 is 4.42 Å². The average molecular weight is 213 g/mol. The number of hydrogen-bond donors (Lipinski definition) is 1. The minimum Gasteiger partial charge on any atom is -0.461 e. The van der Waals surface area contributed by atoms with Gasteiger partial charge in [0, 0.05) is 30.6 Å². The summed E-state index contributed by atoms with van der Waals surface area (Å²) in [5, 5.41) is 3.36. The van der Waals surface area contributed by atoms with Crippen LogP contribution in [0.5, 0.6) is 0 Å². The van der Waals surface area contributed by atoms with Crippen LogP contribution < -0.4 is 5.32 Å². The molecule has 3 rings (SSSR count). The van der Waals surface area contributed by atoms with Crippen molar-refractivity contribution in [3.8, 4) is 11.3 Å². The molecule has 1 aliphatic heterocycles. The summed E-state index contributed by atoms with van der Waals surface area (Å²) in [6.45, 7) is 4.06. The first kappa shape index (κ1) is 9.67. The lowest BCUT2D eigenvalue weighted by atomic mass is 10.1. The fraction of sp³-hybridized carbons (Fsp3) is 0.286. The van der Waals surface area contributed by atoms with Crippen molar-refractivity contribution in [1.82, 2.24) is 5.32 Å². The predicted octanol–water partition coefficient (Wildman–Crippen LogP) is 2.90. The number of aryl methyl sites for hydroxylation is 1. The number of furan rings is 1. The van der Waals surface area contributed by atoms with E-state index in [1.54, 1.807) is 0 Å². The molecular formula is C14H15NO. The Hall–Kier alpha value is -1.54. The SMILES string of the molecule is Cc1cccc(-c2cc3c(o2)CCNC3)c1. The quantitative estimate of drug-likeness (QED) is 0.788. The number of fused-ring (bicyclic) bond motifs is 1. The van der Waals surface area contributed by atoms with Gasteiger partial charge in [0.1, 0.15) is 11.5 Å². The van der Waals surface area contributed by atoms with Gasteiger partial charge in [-0.1, -0.05) is 23.8 Å². The van der Waals surface area contributed by atoms with Crippen molar-refractivity contribution in [2.45, 2.75) is 19.9 Å². The fourth-order valence-electron chi connectivity index (χ4n) is 2.19. The van der Waals surface area contributed by atoms with Crippen LogP contribution in [0, 0.1) is 6.92 Å². The lowest BCUT2D eigenvalue weighted by Crippen LogP contribution is -2.22. The van der Waals surface area contributed by atoms with Crippen molar-refractivity contribution in [3.63, 3.8) is 0 Å². The third-order valence-electron chi connectivity index (χ3n) is 3.04. The highest BCUT2D eigenvalue weighted by Crippen LogP contribution is 2.27. The molecular weight excluding hydrogens is 198 g/mol. The second kappa shape index (κ2) is 3.80. The van der Waals surface area contributed by atoms with Gasteiger partial charge in [-0.05, 0) is 19.1 Å². The molecule has 0 unspecified atom stereocenters. The normalized spacial score (nSPS) is 14.8. The van der Waals surface area contributed by atoms with E-state index in [1.165, 1.54) is 16.7 Å². The number of rotatable bonds is 1. The Balaban J connectivity index is 2.03. The first-order chi connectivity index (χ1) is 7.83. The van der Waals surface area contributed by atoms with E-state index < -0.39 is 0 Å². The van der Waals surface area contributed by atoms with Crippen LogP contribution in [-0.4, -0.2) is 6.54 Å². The average Bonchev–Trinajstić information content (AvgIpc) is 2.72. The standard InChI is InChI=1S/C14H15NO/c1-10-3-2-4-11(7-10)14-8-12-9-15-6-5-13(12)16-14/h2-4,7-8,15H,5-6,9H2,1H3. The number of hydrogen-bond acceptors (Lipinski definition) is 2. The van der Waals surface area contributed by atoms with E-state index in [0.717, 1.165) is 31.0 Å². The smallest absolute Gasteiger partial charge is 0.134 e. The molecule has 2 heteroatoms. The molecule has 0 saturated carbocycles. The highest BCUT2D eigenvalue weighted by molar-refractivity contribution is 5.60. The monoisotopic (exact) mass is 213 g/mol. The van der Waals surface area contributed by atoms with Crippen LogP contribution in [0.4, 0.5) is 0 Å². The first-order valence-corrected chi connectivity index (χ1v) is 5.72. The summed E-state index contributed by atoms with van der Waals surface area (Å²) in [5.41, 5.74) is 3.75. The molecule has 0 saturated heterocycles. The van der Waals surface area contributed by atoms with Crippen molar-refractivity contribution in [1.29, 1.82) is 0 Å². The van der Waals surface area contributed by atoms with E-state index in [2.05, 4.69) is 42.6 Å². The first-order valence-electron chi connectivity index (χ1n) is 5.72. The second-order valence-electron chi connectivity index (χ2n) is 4.36. The lowest BCUT2D eigenvalue weighted by molar-refractivity contribution is 0.484. The molecule has 1 aromatic carbocycles. The summed E-state index contributed by atoms with van der Waals surface area (Å²) in [6.07, 6.45) is 1.00. The highest BCUT2D eigenvalue weighted by atomic mass is 16.3. The predicted molar refractivity (Wildman–Crippen MR) is 64.3 cm³/mol. The Bertz CT molecular complexity index is 490. The summed E-state index contributed by atoms with van der Waals surface area (Å²) in [5.74, 6) is 2.15. The van der Waals surface area contributed by atoms with E-state index in [0.29, 0.717) is 0 Å². The van der Waals surface area contributed by atoms with Crippen molar-refractivity contribution in [2.75, 3.05) is 6.54 Å². The largest absolute Gasteiger partial charge is 0.461 e. The summed E-state index contributed by atoms with van der Waals surface area (Å²) >= 11 is 0. The topological polar surface area (TPSA) is 25.2 Å². The molecule has 0 bridgehead atoms. The van der Waals surface area contributed by atoms with E-state index in [4.69, 9.17) is 4.42 Å². The molecule has 0 fully saturated rings. The maximum Gasteiger partial charge on any atom is 0.134 e. The minimum absolute atomic E-state index is 0.935. The maximum atomic E-state index is 5.91. The van der Waals surface area contributed by atoms with Gasteiger partial charge in [-0.15, -0.1) is 0 Å². The number of nitrogens with one attached hydrogen (secondary N) is 1. The highest BCUT2D eigenvalue weighted by Gasteiger charge is 2.15. The third kappa shape index (κ3) is 1.65. The molecule has 2 nitrogen and oxygen atoms in total. The molecule has 1 aromatic heterocycles. The van der Waals surface area contributed by atoms with Crippen LogP contribution >= 0.6 is 0 Å². The van der Waals surface area contributed by atoms with Gasteiger partial charge in [-0.2, -0.15) is 0 Å². The zero-order valence-electron chi connectivity index (χ0n) is 9.42. The van der Waals surface area contributed by atoms with Gasteiger partial charge >= 0.3 is 0 Å². The molecule has 0 amide bonds. The van der Waals surface area contributed by atoms with E-state index >= 15 is 0 Å². The van der Waals surface area contributed by atoms with Crippen LogP contribution in [0.3, 0.4) is 0 Å². The van der Waals surface area contributed by atoms with Crippen LogP contribution in [-0.2, 0) is 13.0 Å². The fourth-order valence-corrected chi connectivity index (χ4v) is 2.19. The molecule has 1 aliphatic rings. The van der Waals surface area contributed by atoms with Gasteiger partial charge in [0.05, 0.1) is 0 Å². The van der Waals surface area contributed by atoms with Crippen LogP contribution in [0.25, 0.3) is 11.3 Å². The Labute approximate surface area is 95.3 Å². The molecule has 0 radical (unpaired) electrons. The molecule has 0 atom stereocenters. The van der Waals surface area contributed by atoms with Gasteiger partial charge in [0.2, 0.25) is 0 Å². The van der Waals surface area contributed by atoms with Crippen LogP contribution in [0.2, 0.25) is 0 Å². The van der Waals surface area contributed by atoms with Crippen molar-refractivity contribution in [3.05, 3.63) is 47.2 Å². The minimum atomic E-state index is 0.935. The van der Waals surface area contributed by atoms with Gasteiger partial charge in [0.15, 0.2) is 0 Å². The van der Waals surface area contributed by atoms with Gasteiger partial charge in [0.25, 0.3) is 0 Å². The van der Waals surface area contributed by atoms with Crippen LogP contribution in [0.15, 0.2) is 34.7 Å². The summed E-state index contributed by atoms with van der Waals surface area (Å²) < 4.78 is 5.91. The summed E-state index contributed by atoms with van der Waals surface area (Å²) in [7, 11) is 0. The Morgan fingerprint density at radius 3 is 3.00 bits per heavy atom. The molecule has 0 aliphatic carbocycles. The molecule has 82 valence electrons. The van der Waals surface area contributed by atoms with E-state index in [1.807, 2.05) is 0 Å². The molecule has 1 N–H and O–H groups in total. The lowest BCUT2D eigenvalue weighted by Gasteiger charge is -2.09. The van der Waals surface area contributed by atoms with Crippen molar-refractivity contribution in [2.24, 2.45) is 0 Å². The second-order valence-corrected chi connectivity index (χ2v) is 4.36. The van der Waals surface area contributed by atoms with E-state index in [9.17, 15) is 0 Å². The van der Waals surface area contributed by atoms with Crippen LogP contribution in [0.1, 0.15) is 16.9 Å². The zero-order valence-corrected chi connectivity index (χ0v) is 9.42. The van der Waals surface area contributed by atoms with Crippen molar-refractivity contribution >= 4 is 0 Å². The molecule has 2 heterocycles. The molecule has 2 aromatic rings. The Morgan fingerprint density at radius 1 is 1.25 bits per heavy atom. The zero-order chi connectivity index (χ0) is 11.0. The maximum absolute atomic E-state index is 5.91. The third-order valence-corrected chi connectivity index (χ3v) is 3.04. The van der Waals surface area contributed by atoms with Gasteiger partial charge < -0.3 is 9.73 Å². The molecule has 0 spiro atoms. The van der Waals surface area contributed by atoms with E-state index in [-0.39, 0.29) is 0 Å².